The minimum Gasteiger partial charge on any atom is -0.351 e. The fraction of sp³-hybridized carbons (Fsp3) is 0.455. The number of sulfonamides is 1. The molecule has 8 nitrogen and oxygen atoms in total. The first-order valence-electron chi connectivity index (χ1n) is 10.9. The Bertz CT molecular complexity index is 1020. The quantitative estimate of drug-likeness (QED) is 0.657. The van der Waals surface area contributed by atoms with Crippen molar-refractivity contribution < 1.29 is 18.0 Å². The van der Waals surface area contributed by atoms with Crippen molar-refractivity contribution in [1.29, 1.82) is 0 Å². The van der Waals surface area contributed by atoms with Gasteiger partial charge in [0, 0.05) is 63.3 Å². The number of rotatable bonds is 7. The summed E-state index contributed by atoms with van der Waals surface area (Å²) in [6.07, 6.45) is 1.78. The second-order valence-electron chi connectivity index (χ2n) is 8.04. The van der Waals surface area contributed by atoms with Crippen LogP contribution in [0.2, 0.25) is 0 Å². The highest BCUT2D eigenvalue weighted by molar-refractivity contribution is 7.89. The molecule has 0 spiro atoms. The molecule has 0 saturated carbocycles. The van der Waals surface area contributed by atoms with Crippen molar-refractivity contribution in [3.63, 3.8) is 0 Å². The van der Waals surface area contributed by atoms with Gasteiger partial charge in [-0.2, -0.15) is 15.6 Å². The van der Waals surface area contributed by atoms with Crippen molar-refractivity contribution in [2.75, 3.05) is 52.4 Å². The average Bonchev–Trinajstić information content (AvgIpc) is 3.54. The molecule has 10 heteroatoms. The smallest absolute Gasteiger partial charge is 0.254 e. The van der Waals surface area contributed by atoms with Gasteiger partial charge in [-0.3, -0.25) is 14.5 Å². The van der Waals surface area contributed by atoms with Gasteiger partial charge in [0.05, 0.1) is 10.5 Å². The van der Waals surface area contributed by atoms with Crippen molar-refractivity contribution in [2.24, 2.45) is 0 Å². The average molecular weight is 477 g/mol. The van der Waals surface area contributed by atoms with Crippen LogP contribution in [0.25, 0.3) is 0 Å². The van der Waals surface area contributed by atoms with Crippen LogP contribution >= 0.6 is 11.3 Å². The summed E-state index contributed by atoms with van der Waals surface area (Å²) in [6.45, 7) is 5.20. The first-order valence-corrected chi connectivity index (χ1v) is 13.3. The monoisotopic (exact) mass is 476 g/mol. The predicted molar refractivity (Wildman–Crippen MR) is 123 cm³/mol. The molecule has 2 aromatic rings. The number of carbonyl (C=O) groups excluding carboxylic acids is 2. The van der Waals surface area contributed by atoms with E-state index in [2.05, 4.69) is 10.2 Å². The van der Waals surface area contributed by atoms with Gasteiger partial charge < -0.3 is 10.2 Å². The highest BCUT2D eigenvalue weighted by Crippen LogP contribution is 2.21. The molecule has 4 rings (SSSR count). The Morgan fingerprint density at radius 1 is 0.906 bits per heavy atom. The maximum Gasteiger partial charge on any atom is 0.254 e. The second kappa shape index (κ2) is 10.1. The molecule has 0 bridgehead atoms. The van der Waals surface area contributed by atoms with Crippen LogP contribution in [0.15, 0.2) is 46.0 Å². The van der Waals surface area contributed by atoms with E-state index in [-0.39, 0.29) is 16.7 Å². The van der Waals surface area contributed by atoms with Gasteiger partial charge in [-0.15, -0.1) is 0 Å². The van der Waals surface area contributed by atoms with E-state index in [4.69, 9.17) is 0 Å². The largest absolute Gasteiger partial charge is 0.351 e. The Kier molecular flexibility index (Phi) is 7.24. The van der Waals surface area contributed by atoms with Gasteiger partial charge in [0.25, 0.3) is 11.8 Å². The number of carbonyl (C=O) groups is 2. The molecule has 1 aromatic heterocycles. The molecule has 1 aromatic carbocycles. The molecule has 2 fully saturated rings. The van der Waals surface area contributed by atoms with E-state index in [0.717, 1.165) is 31.5 Å². The van der Waals surface area contributed by atoms with E-state index in [0.29, 0.717) is 44.8 Å². The molecule has 0 aliphatic carbocycles. The summed E-state index contributed by atoms with van der Waals surface area (Å²) < 4.78 is 26.7. The molecule has 2 amide bonds. The third-order valence-electron chi connectivity index (χ3n) is 5.96. The first-order chi connectivity index (χ1) is 15.4. The Morgan fingerprint density at radius 3 is 2.22 bits per heavy atom. The Hall–Kier alpha value is -2.27. The molecule has 0 radical (unpaired) electrons. The molecule has 0 unspecified atom stereocenters. The summed E-state index contributed by atoms with van der Waals surface area (Å²) in [6, 6.07) is 7.99. The van der Waals surface area contributed by atoms with E-state index >= 15 is 0 Å². The number of hydrogen-bond donors (Lipinski definition) is 1. The highest BCUT2D eigenvalue weighted by Gasteiger charge is 2.27. The zero-order valence-electron chi connectivity index (χ0n) is 17.9. The molecule has 2 aliphatic heterocycles. The molecular formula is C22H28N4O4S2. The van der Waals surface area contributed by atoms with Gasteiger partial charge in [0.15, 0.2) is 0 Å². The predicted octanol–water partition coefficient (Wildman–Crippen LogP) is 1.72. The zero-order valence-corrected chi connectivity index (χ0v) is 19.5. The minimum absolute atomic E-state index is 0.0781. The van der Waals surface area contributed by atoms with Gasteiger partial charge in [0.2, 0.25) is 10.0 Å². The third kappa shape index (κ3) is 5.20. The van der Waals surface area contributed by atoms with Crippen LogP contribution in [0.3, 0.4) is 0 Å². The third-order valence-corrected chi connectivity index (χ3v) is 8.56. The minimum atomic E-state index is -3.47. The molecule has 2 saturated heterocycles. The van der Waals surface area contributed by atoms with Crippen LogP contribution in [-0.4, -0.2) is 86.7 Å². The standard InChI is InChI=1S/C22H28N4O4S2/c27-21(18-3-5-20(6-4-18)32(29,30)26-9-1-2-10-26)23-8-11-24-12-14-25(15-13-24)22(28)19-7-16-31-17-19/h3-7,16-17H,1-2,8-15H2,(H,23,27). The number of amides is 2. The molecule has 2 aliphatic rings. The second-order valence-corrected chi connectivity index (χ2v) is 10.8. The van der Waals surface area contributed by atoms with Crippen LogP contribution in [0.4, 0.5) is 0 Å². The molecule has 32 heavy (non-hydrogen) atoms. The molecule has 3 heterocycles. The van der Waals surface area contributed by atoms with Gasteiger partial charge in [0.1, 0.15) is 0 Å². The topological polar surface area (TPSA) is 90.0 Å². The van der Waals surface area contributed by atoms with Gasteiger partial charge in [-0.1, -0.05) is 0 Å². The van der Waals surface area contributed by atoms with Crippen molar-refractivity contribution in [3.8, 4) is 0 Å². The number of hydrogen-bond acceptors (Lipinski definition) is 6. The summed E-state index contributed by atoms with van der Waals surface area (Å²) in [5.41, 5.74) is 1.19. The van der Waals surface area contributed by atoms with Crippen molar-refractivity contribution >= 4 is 33.2 Å². The zero-order chi connectivity index (χ0) is 22.6. The van der Waals surface area contributed by atoms with Crippen molar-refractivity contribution in [2.45, 2.75) is 17.7 Å². The van der Waals surface area contributed by atoms with E-state index in [1.165, 1.54) is 27.8 Å². The van der Waals surface area contributed by atoms with Crippen LogP contribution in [-0.2, 0) is 10.0 Å². The summed E-state index contributed by atoms with van der Waals surface area (Å²) in [4.78, 5) is 29.2. The lowest BCUT2D eigenvalue weighted by molar-refractivity contribution is 0.0638. The molecule has 1 N–H and O–H groups in total. The van der Waals surface area contributed by atoms with Crippen LogP contribution in [0.1, 0.15) is 33.6 Å². The highest BCUT2D eigenvalue weighted by atomic mass is 32.2. The van der Waals surface area contributed by atoms with Crippen LogP contribution in [0.5, 0.6) is 0 Å². The van der Waals surface area contributed by atoms with E-state index in [1.807, 2.05) is 21.7 Å². The Morgan fingerprint density at radius 2 is 1.59 bits per heavy atom. The fourth-order valence-corrected chi connectivity index (χ4v) is 6.18. The lowest BCUT2D eigenvalue weighted by Crippen LogP contribution is -2.50. The lowest BCUT2D eigenvalue weighted by Gasteiger charge is -2.34. The molecule has 172 valence electrons. The van der Waals surface area contributed by atoms with E-state index < -0.39 is 10.0 Å². The Labute approximate surface area is 192 Å². The summed E-state index contributed by atoms with van der Waals surface area (Å²) in [5, 5.41) is 6.68. The van der Waals surface area contributed by atoms with Crippen molar-refractivity contribution in [3.05, 3.63) is 52.2 Å². The first kappa shape index (κ1) is 22.9. The SMILES string of the molecule is O=C(NCCN1CCN(C(=O)c2ccsc2)CC1)c1ccc(S(=O)(=O)N2CCCC2)cc1. The maximum absolute atomic E-state index is 12.6. The Balaban J connectivity index is 1.21. The molecule has 0 atom stereocenters. The normalized spacial score (nSPS) is 18.1. The van der Waals surface area contributed by atoms with Gasteiger partial charge >= 0.3 is 0 Å². The van der Waals surface area contributed by atoms with Gasteiger partial charge in [-0.25, -0.2) is 8.42 Å². The van der Waals surface area contributed by atoms with Gasteiger partial charge in [-0.05, 0) is 48.6 Å². The van der Waals surface area contributed by atoms with Crippen LogP contribution in [0, 0.1) is 0 Å². The van der Waals surface area contributed by atoms with Crippen molar-refractivity contribution in [1.82, 2.24) is 19.4 Å². The fourth-order valence-electron chi connectivity index (χ4n) is 4.03. The summed E-state index contributed by atoms with van der Waals surface area (Å²) in [5.74, 6) is -0.143. The maximum atomic E-state index is 12.6. The number of benzene rings is 1. The summed E-state index contributed by atoms with van der Waals surface area (Å²) in [7, 11) is -3.47. The van der Waals surface area contributed by atoms with E-state index in [9.17, 15) is 18.0 Å². The summed E-state index contributed by atoms with van der Waals surface area (Å²) >= 11 is 1.52. The number of piperazine rings is 1. The van der Waals surface area contributed by atoms with E-state index in [1.54, 1.807) is 12.1 Å². The number of thiophene rings is 1. The van der Waals surface area contributed by atoms with Crippen LogP contribution < -0.4 is 5.32 Å². The number of nitrogens with one attached hydrogen (secondary N) is 1. The lowest BCUT2D eigenvalue weighted by atomic mass is 10.2. The molecular weight excluding hydrogens is 448 g/mol. The number of nitrogens with zero attached hydrogens (tertiary/aromatic N) is 3.